The zero-order valence-corrected chi connectivity index (χ0v) is 19.8. The minimum atomic E-state index is -3.33. The van der Waals surface area contributed by atoms with Crippen LogP contribution in [0.4, 0.5) is 8.78 Å². The maximum Gasteiger partial charge on any atom is 0.324 e. The van der Waals surface area contributed by atoms with Crippen LogP contribution in [0.2, 0.25) is 25.7 Å². The van der Waals surface area contributed by atoms with Gasteiger partial charge in [0.25, 0.3) is 5.91 Å². The fourth-order valence-electron chi connectivity index (χ4n) is 5.02. The number of carbonyl (C=O) groups excluding carboxylic acids is 1. The first kappa shape index (κ1) is 24.0. The fourth-order valence-corrected chi connectivity index (χ4v) is 5.77. The largest absolute Gasteiger partial charge is 0.366 e. The van der Waals surface area contributed by atoms with Gasteiger partial charge in [-0.3, -0.25) is 15.0 Å². The van der Waals surface area contributed by atoms with Crippen LogP contribution in [-0.4, -0.2) is 69.0 Å². The van der Waals surface area contributed by atoms with E-state index in [-0.39, 0.29) is 36.6 Å². The van der Waals surface area contributed by atoms with Gasteiger partial charge in [-0.05, 0) is 37.6 Å². The van der Waals surface area contributed by atoms with Gasteiger partial charge >= 0.3 is 5.92 Å². The second kappa shape index (κ2) is 9.89. The molecule has 3 fully saturated rings. The van der Waals surface area contributed by atoms with E-state index in [4.69, 9.17) is 10.5 Å². The summed E-state index contributed by atoms with van der Waals surface area (Å²) in [6.45, 7) is 9.02. The first-order chi connectivity index (χ1) is 14.1. The van der Waals surface area contributed by atoms with Crippen molar-refractivity contribution >= 4 is 14.0 Å². The summed E-state index contributed by atoms with van der Waals surface area (Å²) in [7, 11) is -1.15. The maximum absolute atomic E-state index is 14.4. The first-order valence-corrected chi connectivity index (χ1v) is 15.3. The van der Waals surface area contributed by atoms with Gasteiger partial charge in [0, 0.05) is 45.8 Å². The van der Waals surface area contributed by atoms with E-state index in [0.29, 0.717) is 13.2 Å². The van der Waals surface area contributed by atoms with E-state index in [2.05, 4.69) is 35.2 Å². The average molecular weight is 447 g/mol. The van der Waals surface area contributed by atoms with Crippen LogP contribution in [0.25, 0.3) is 0 Å². The summed E-state index contributed by atoms with van der Waals surface area (Å²) in [4.78, 5) is 14.5. The van der Waals surface area contributed by atoms with Gasteiger partial charge in [0.1, 0.15) is 6.73 Å². The molecule has 3 aliphatic rings. The van der Waals surface area contributed by atoms with Crippen molar-refractivity contribution in [1.82, 2.24) is 15.5 Å². The first-order valence-electron chi connectivity index (χ1n) is 11.6. The lowest BCUT2D eigenvalue weighted by molar-refractivity contribution is -0.148. The predicted molar refractivity (Wildman–Crippen MR) is 117 cm³/mol. The lowest BCUT2D eigenvalue weighted by Gasteiger charge is -2.37. The smallest absolute Gasteiger partial charge is 0.324 e. The lowest BCUT2D eigenvalue weighted by atomic mass is 9.79. The molecule has 174 valence electrons. The Morgan fingerprint density at radius 1 is 1.17 bits per heavy atom. The molecule has 2 heterocycles. The van der Waals surface area contributed by atoms with Gasteiger partial charge in [-0.1, -0.05) is 32.5 Å². The van der Waals surface area contributed by atoms with Gasteiger partial charge < -0.3 is 15.8 Å². The van der Waals surface area contributed by atoms with Crippen molar-refractivity contribution in [3.63, 3.8) is 0 Å². The number of nitrogens with zero attached hydrogens (tertiary/aromatic N) is 1. The maximum atomic E-state index is 14.4. The number of hydrogen-bond acceptors (Lipinski definition) is 5. The molecule has 0 aromatic heterocycles. The predicted octanol–water partition coefficient (Wildman–Crippen LogP) is 2.72. The van der Waals surface area contributed by atoms with E-state index in [1.165, 1.54) is 0 Å². The number of alkyl halides is 2. The van der Waals surface area contributed by atoms with E-state index >= 15 is 0 Å². The van der Waals surface area contributed by atoms with Crippen molar-refractivity contribution in [3.05, 3.63) is 0 Å². The highest BCUT2D eigenvalue weighted by atomic mass is 28.3. The van der Waals surface area contributed by atoms with Gasteiger partial charge in [-0.25, -0.2) is 0 Å². The number of ether oxygens (including phenoxy) is 1. The van der Waals surface area contributed by atoms with Crippen LogP contribution in [-0.2, 0) is 9.53 Å². The molecule has 4 unspecified atom stereocenters. The third-order valence-electron chi connectivity index (χ3n) is 6.88. The summed E-state index contributed by atoms with van der Waals surface area (Å²) in [5.74, 6) is -4.30. The molecular formula is C21H40F2N4O2Si. The number of rotatable bonds is 5. The fraction of sp³-hybridized carbons (Fsp3) is 0.952. The zero-order valence-electron chi connectivity index (χ0n) is 18.8. The molecule has 30 heavy (non-hydrogen) atoms. The Morgan fingerprint density at radius 2 is 1.90 bits per heavy atom. The van der Waals surface area contributed by atoms with Crippen LogP contribution in [0, 0.1) is 5.92 Å². The number of halogens is 2. The van der Waals surface area contributed by atoms with Gasteiger partial charge in [-0.2, -0.15) is 8.78 Å². The summed E-state index contributed by atoms with van der Waals surface area (Å²) in [6.07, 6.45) is 3.87. The SMILES string of the molecule is C[Si](C)(C)CCOCN1CC2NC1[C@@H](N)CCCC(F)(F)C(=O)NC1CCCCC12. The Hall–Kier alpha value is -0.613. The Balaban J connectivity index is 1.71. The second-order valence-corrected chi connectivity index (χ2v) is 16.2. The summed E-state index contributed by atoms with van der Waals surface area (Å²) in [5, 5.41) is 6.39. The van der Waals surface area contributed by atoms with Crippen LogP contribution < -0.4 is 16.4 Å². The molecule has 2 saturated heterocycles. The Labute approximate surface area is 180 Å². The molecule has 1 amide bonds. The minimum Gasteiger partial charge on any atom is -0.366 e. The molecule has 3 rings (SSSR count). The number of nitrogens with two attached hydrogens (primary N) is 1. The zero-order chi connectivity index (χ0) is 21.9. The monoisotopic (exact) mass is 446 g/mol. The molecule has 1 aliphatic carbocycles. The third-order valence-corrected chi connectivity index (χ3v) is 8.59. The summed E-state index contributed by atoms with van der Waals surface area (Å²) in [6, 6.07) is 0.759. The number of nitrogens with one attached hydrogen (secondary N) is 2. The van der Waals surface area contributed by atoms with E-state index in [1.54, 1.807) is 0 Å². The summed E-state index contributed by atoms with van der Waals surface area (Å²) in [5.41, 5.74) is 6.45. The lowest BCUT2D eigenvalue weighted by Crippen LogP contribution is -2.56. The third kappa shape index (κ3) is 6.22. The van der Waals surface area contributed by atoms with Crippen molar-refractivity contribution in [2.45, 2.75) is 101 Å². The van der Waals surface area contributed by atoms with Crippen molar-refractivity contribution in [1.29, 1.82) is 0 Å². The quantitative estimate of drug-likeness (QED) is 0.447. The van der Waals surface area contributed by atoms with Gasteiger partial charge in [0.15, 0.2) is 0 Å². The summed E-state index contributed by atoms with van der Waals surface area (Å²) >= 11 is 0. The Kier molecular flexibility index (Phi) is 7.93. The number of carbonyl (C=O) groups is 1. The molecule has 0 aromatic rings. The number of amides is 1. The number of fused-ring (bicyclic) bond motifs is 4. The molecule has 1 saturated carbocycles. The van der Waals surface area contributed by atoms with Crippen molar-refractivity contribution in [2.75, 3.05) is 19.9 Å². The standard InChI is InChI=1S/C21H40F2N4O2Si/c1-30(2,3)12-11-29-14-27-13-18-15-7-4-5-9-17(15)26-20(28)21(22,23)10-6-8-16(24)19(27)25-18/h15-19,25H,4-14,24H2,1-3H3,(H,26,28)/t15?,16-,17?,18?,19?/m0/s1. The van der Waals surface area contributed by atoms with Crippen LogP contribution in [0.5, 0.6) is 0 Å². The highest BCUT2D eigenvalue weighted by molar-refractivity contribution is 6.76. The van der Waals surface area contributed by atoms with Gasteiger partial charge in [0.05, 0.1) is 6.17 Å². The van der Waals surface area contributed by atoms with Crippen molar-refractivity contribution < 1.29 is 18.3 Å². The summed E-state index contributed by atoms with van der Waals surface area (Å²) < 4.78 is 34.7. The molecule has 5 atom stereocenters. The molecule has 2 aliphatic heterocycles. The molecule has 9 heteroatoms. The van der Waals surface area contributed by atoms with Crippen molar-refractivity contribution in [2.24, 2.45) is 11.7 Å². The molecule has 6 nitrogen and oxygen atoms in total. The molecule has 4 N–H and O–H groups in total. The average Bonchev–Trinajstić information content (AvgIpc) is 3.08. The minimum absolute atomic E-state index is 0.0757. The Morgan fingerprint density at radius 3 is 2.63 bits per heavy atom. The molecule has 2 bridgehead atoms. The van der Waals surface area contributed by atoms with Crippen LogP contribution in [0.15, 0.2) is 0 Å². The van der Waals surface area contributed by atoms with Crippen LogP contribution in [0.1, 0.15) is 44.9 Å². The Bertz CT molecular complexity index is 590. The van der Waals surface area contributed by atoms with Crippen LogP contribution >= 0.6 is 0 Å². The highest BCUT2D eigenvalue weighted by Gasteiger charge is 2.46. The van der Waals surface area contributed by atoms with E-state index in [9.17, 15) is 13.6 Å². The second-order valence-electron chi connectivity index (χ2n) is 10.6. The van der Waals surface area contributed by atoms with Crippen molar-refractivity contribution in [3.8, 4) is 0 Å². The van der Waals surface area contributed by atoms with Crippen LogP contribution in [0.3, 0.4) is 0 Å². The van der Waals surface area contributed by atoms with E-state index < -0.39 is 26.3 Å². The number of hydrogen-bond donors (Lipinski definition) is 3. The van der Waals surface area contributed by atoms with Gasteiger partial charge in [0.2, 0.25) is 0 Å². The molecule has 0 spiro atoms. The van der Waals surface area contributed by atoms with Gasteiger partial charge in [-0.15, -0.1) is 0 Å². The highest BCUT2D eigenvalue weighted by Crippen LogP contribution is 2.33. The molecular weight excluding hydrogens is 406 g/mol. The molecule has 0 radical (unpaired) electrons. The van der Waals surface area contributed by atoms with E-state index in [0.717, 1.165) is 44.9 Å². The van der Waals surface area contributed by atoms with E-state index in [1.807, 2.05) is 0 Å². The topological polar surface area (TPSA) is 79.6 Å². The normalized spacial score (nSPS) is 35.8. The molecule has 0 aromatic carbocycles.